The van der Waals surface area contributed by atoms with E-state index in [4.69, 9.17) is 10.5 Å². The Morgan fingerprint density at radius 3 is 2.67 bits per heavy atom. The molecule has 1 rings (SSSR count). The number of ether oxygens (including phenoxy) is 1. The average molecular weight is 192 g/mol. The van der Waals surface area contributed by atoms with Gasteiger partial charge in [-0.2, -0.15) is 5.10 Å². The van der Waals surface area contributed by atoms with E-state index in [-0.39, 0.29) is 18.4 Å². The molecule has 0 saturated carbocycles. The van der Waals surface area contributed by atoms with Crippen molar-refractivity contribution in [2.45, 2.75) is 6.92 Å². The van der Waals surface area contributed by atoms with Gasteiger partial charge in [-0.05, 0) is 0 Å². The Hall–Kier alpha value is -1.23. The minimum absolute atomic E-state index is 0. The summed E-state index contributed by atoms with van der Waals surface area (Å²) in [6, 6.07) is 1.49. The lowest BCUT2D eigenvalue weighted by atomic mass is 10.6. The van der Waals surface area contributed by atoms with Gasteiger partial charge in [-0.25, -0.2) is 4.68 Å². The van der Waals surface area contributed by atoms with E-state index in [1.807, 2.05) is 0 Å². The van der Waals surface area contributed by atoms with E-state index in [1.165, 1.54) is 17.7 Å². The Labute approximate surface area is 75.9 Å². The summed E-state index contributed by atoms with van der Waals surface area (Å²) in [4.78, 5) is 10.5. The second-order valence-corrected chi connectivity index (χ2v) is 2.12. The van der Waals surface area contributed by atoms with E-state index in [1.54, 1.807) is 7.05 Å². The number of nitrogen functional groups attached to an aromatic ring is 1. The monoisotopic (exact) mass is 191 g/mol. The molecule has 1 aromatic rings. The molecule has 6 heteroatoms. The number of aryl methyl sites for hydroxylation is 1. The third kappa shape index (κ3) is 2.43. The molecule has 0 unspecified atom stereocenters. The third-order valence-corrected chi connectivity index (χ3v) is 1.10. The van der Waals surface area contributed by atoms with Crippen LogP contribution < -0.4 is 10.5 Å². The highest BCUT2D eigenvalue weighted by atomic mass is 35.5. The van der Waals surface area contributed by atoms with Gasteiger partial charge in [0.05, 0.1) is 0 Å². The predicted octanol–water partition coefficient (Wildman–Crippen LogP) is 0.349. The number of hydrogen-bond donors (Lipinski definition) is 1. The molecule has 0 bridgehead atoms. The minimum Gasteiger partial charge on any atom is -0.408 e. The van der Waals surface area contributed by atoms with Crippen LogP contribution in [0.1, 0.15) is 6.92 Å². The zero-order valence-electron chi connectivity index (χ0n) is 6.77. The number of anilines is 1. The normalized spacial score (nSPS) is 8.83. The number of rotatable bonds is 1. The first-order valence-corrected chi connectivity index (χ1v) is 3.07. The first-order valence-electron chi connectivity index (χ1n) is 3.07. The van der Waals surface area contributed by atoms with Gasteiger partial charge in [0.1, 0.15) is 5.82 Å². The zero-order valence-corrected chi connectivity index (χ0v) is 7.59. The lowest BCUT2D eigenvalue weighted by Gasteiger charge is -1.98. The molecule has 0 fully saturated rings. The van der Waals surface area contributed by atoms with E-state index < -0.39 is 0 Å². The molecule has 0 radical (unpaired) electrons. The van der Waals surface area contributed by atoms with Gasteiger partial charge < -0.3 is 10.5 Å². The summed E-state index contributed by atoms with van der Waals surface area (Å²) in [5.41, 5.74) is 5.33. The molecule has 68 valence electrons. The standard InChI is InChI=1S/C6H9N3O2.ClH/c1-4(10)11-6-3-5(7)8-9(6)2;/h3H,1-2H3,(H2,7,8);1H. The van der Waals surface area contributed by atoms with Crippen molar-refractivity contribution in [3.63, 3.8) is 0 Å². The molecule has 2 N–H and O–H groups in total. The van der Waals surface area contributed by atoms with E-state index in [9.17, 15) is 4.79 Å². The van der Waals surface area contributed by atoms with Gasteiger partial charge in [-0.15, -0.1) is 12.4 Å². The van der Waals surface area contributed by atoms with Crippen LogP contribution in [0.25, 0.3) is 0 Å². The fraction of sp³-hybridized carbons (Fsp3) is 0.333. The molecule has 0 amide bonds. The maximum atomic E-state index is 10.5. The summed E-state index contributed by atoms with van der Waals surface area (Å²) in [6.45, 7) is 1.32. The first kappa shape index (κ1) is 10.8. The summed E-state index contributed by atoms with van der Waals surface area (Å²) in [6.07, 6.45) is 0. The van der Waals surface area contributed by atoms with Crippen molar-refractivity contribution in [2.75, 3.05) is 5.73 Å². The van der Waals surface area contributed by atoms with Crippen LogP contribution in [0.4, 0.5) is 5.82 Å². The van der Waals surface area contributed by atoms with E-state index in [0.717, 1.165) is 0 Å². The van der Waals surface area contributed by atoms with E-state index >= 15 is 0 Å². The van der Waals surface area contributed by atoms with Crippen LogP contribution in [-0.2, 0) is 11.8 Å². The van der Waals surface area contributed by atoms with Crippen LogP contribution in [0, 0.1) is 0 Å². The Balaban J connectivity index is 0.00000121. The van der Waals surface area contributed by atoms with Gasteiger partial charge >= 0.3 is 5.97 Å². The van der Waals surface area contributed by atoms with Gasteiger partial charge in [0.2, 0.25) is 5.88 Å². The molecule has 12 heavy (non-hydrogen) atoms. The van der Waals surface area contributed by atoms with Crippen LogP contribution >= 0.6 is 12.4 Å². The molecule has 5 nitrogen and oxygen atoms in total. The van der Waals surface area contributed by atoms with Crippen LogP contribution in [0.15, 0.2) is 6.07 Å². The number of carbonyl (C=O) groups excluding carboxylic acids is 1. The molecule has 0 aliphatic rings. The molecular formula is C6H10ClN3O2. The van der Waals surface area contributed by atoms with Crippen molar-refractivity contribution in [2.24, 2.45) is 7.05 Å². The van der Waals surface area contributed by atoms with Gasteiger partial charge in [0, 0.05) is 20.0 Å². The maximum Gasteiger partial charge on any atom is 0.309 e. The SMILES string of the molecule is CC(=O)Oc1cc(N)nn1C.Cl. The number of nitrogens with two attached hydrogens (primary N) is 1. The average Bonchev–Trinajstić information content (AvgIpc) is 2.09. The fourth-order valence-electron chi connectivity index (χ4n) is 0.714. The second kappa shape index (κ2) is 3.96. The van der Waals surface area contributed by atoms with Crippen molar-refractivity contribution >= 4 is 24.2 Å². The topological polar surface area (TPSA) is 70.1 Å². The van der Waals surface area contributed by atoms with Crippen molar-refractivity contribution in [1.82, 2.24) is 9.78 Å². The Morgan fingerprint density at radius 2 is 2.33 bits per heavy atom. The summed E-state index contributed by atoms with van der Waals surface area (Å²) < 4.78 is 6.15. The van der Waals surface area contributed by atoms with Gasteiger partial charge in [-0.1, -0.05) is 0 Å². The highest BCUT2D eigenvalue weighted by Crippen LogP contribution is 2.12. The quantitative estimate of drug-likeness (QED) is 0.651. The number of esters is 1. The number of carbonyl (C=O) groups is 1. The number of halogens is 1. The van der Waals surface area contributed by atoms with Crippen molar-refractivity contribution < 1.29 is 9.53 Å². The molecule has 0 aliphatic carbocycles. The molecular weight excluding hydrogens is 182 g/mol. The van der Waals surface area contributed by atoms with Gasteiger partial charge in [0.25, 0.3) is 0 Å². The van der Waals surface area contributed by atoms with Gasteiger partial charge in [0.15, 0.2) is 0 Å². The molecule has 0 aliphatic heterocycles. The lowest BCUT2D eigenvalue weighted by Crippen LogP contribution is -2.05. The Kier molecular flexibility index (Phi) is 3.56. The van der Waals surface area contributed by atoms with Crippen LogP contribution in [0.5, 0.6) is 5.88 Å². The van der Waals surface area contributed by atoms with Crippen molar-refractivity contribution in [3.05, 3.63) is 6.07 Å². The second-order valence-electron chi connectivity index (χ2n) is 2.12. The van der Waals surface area contributed by atoms with Crippen molar-refractivity contribution in [1.29, 1.82) is 0 Å². The maximum absolute atomic E-state index is 10.5. The summed E-state index contributed by atoms with van der Waals surface area (Å²) in [5, 5.41) is 3.78. The lowest BCUT2D eigenvalue weighted by molar-refractivity contribution is -0.132. The Bertz CT molecular complexity index is 284. The summed E-state index contributed by atoms with van der Waals surface area (Å²) in [7, 11) is 1.65. The Morgan fingerprint density at radius 1 is 1.75 bits per heavy atom. The third-order valence-electron chi connectivity index (χ3n) is 1.10. The van der Waals surface area contributed by atoms with Crippen LogP contribution in [0.2, 0.25) is 0 Å². The van der Waals surface area contributed by atoms with Crippen LogP contribution in [0.3, 0.4) is 0 Å². The molecule has 1 heterocycles. The minimum atomic E-state index is -0.381. The molecule has 0 atom stereocenters. The smallest absolute Gasteiger partial charge is 0.309 e. The molecule has 0 saturated heterocycles. The van der Waals surface area contributed by atoms with Crippen molar-refractivity contribution in [3.8, 4) is 5.88 Å². The molecule has 0 spiro atoms. The van der Waals surface area contributed by atoms with E-state index in [0.29, 0.717) is 11.7 Å². The zero-order chi connectivity index (χ0) is 8.43. The predicted molar refractivity (Wildman–Crippen MR) is 46.2 cm³/mol. The molecule has 0 aromatic carbocycles. The fourth-order valence-corrected chi connectivity index (χ4v) is 0.714. The highest BCUT2D eigenvalue weighted by Gasteiger charge is 2.04. The number of nitrogens with zero attached hydrogens (tertiary/aromatic N) is 2. The highest BCUT2D eigenvalue weighted by molar-refractivity contribution is 5.85. The van der Waals surface area contributed by atoms with Crippen LogP contribution in [-0.4, -0.2) is 15.7 Å². The number of hydrogen-bond acceptors (Lipinski definition) is 4. The first-order chi connectivity index (χ1) is 5.09. The summed E-state index contributed by atoms with van der Waals surface area (Å²) >= 11 is 0. The largest absolute Gasteiger partial charge is 0.408 e. The van der Waals surface area contributed by atoms with E-state index in [2.05, 4.69) is 5.10 Å². The summed E-state index contributed by atoms with van der Waals surface area (Å²) in [5.74, 6) is 0.312. The molecule has 1 aromatic heterocycles. The van der Waals surface area contributed by atoms with Gasteiger partial charge in [-0.3, -0.25) is 4.79 Å². The number of aromatic nitrogens is 2.